The Hall–Kier alpha value is -1.84. The van der Waals surface area contributed by atoms with Gasteiger partial charge in [-0.1, -0.05) is 18.2 Å². The van der Waals surface area contributed by atoms with E-state index in [4.69, 9.17) is 0 Å². The van der Waals surface area contributed by atoms with Gasteiger partial charge in [0.15, 0.2) is 0 Å². The van der Waals surface area contributed by atoms with Crippen molar-refractivity contribution in [3.8, 4) is 0 Å². The quantitative estimate of drug-likeness (QED) is 0.818. The zero-order valence-electron chi connectivity index (χ0n) is 10.1. The molecule has 2 rings (SSSR count). The first-order chi connectivity index (χ1) is 8.06. The second-order valence-electron chi connectivity index (χ2n) is 4.45. The van der Waals surface area contributed by atoms with Crippen molar-refractivity contribution >= 4 is 11.8 Å². The molecule has 1 saturated heterocycles. The van der Waals surface area contributed by atoms with E-state index in [1.54, 1.807) is 4.90 Å². The number of nitrogens with one attached hydrogen (secondary N) is 1. The second kappa shape index (κ2) is 4.57. The number of piperazine rings is 1. The number of nitrogens with zero attached hydrogens (tertiary/aromatic N) is 1. The Morgan fingerprint density at radius 3 is 2.71 bits per heavy atom. The van der Waals surface area contributed by atoms with E-state index >= 15 is 0 Å². The first-order valence-corrected chi connectivity index (χ1v) is 5.67. The van der Waals surface area contributed by atoms with Gasteiger partial charge in [0.05, 0.1) is 13.1 Å². The van der Waals surface area contributed by atoms with Crippen LogP contribution in [0.3, 0.4) is 0 Å². The fourth-order valence-corrected chi connectivity index (χ4v) is 1.87. The molecule has 0 saturated carbocycles. The van der Waals surface area contributed by atoms with Gasteiger partial charge in [-0.2, -0.15) is 0 Å². The molecule has 0 spiro atoms. The van der Waals surface area contributed by atoms with E-state index in [-0.39, 0.29) is 24.9 Å². The van der Waals surface area contributed by atoms with Crippen molar-refractivity contribution in [3.05, 3.63) is 34.9 Å². The maximum Gasteiger partial charge on any atom is 0.242 e. The monoisotopic (exact) mass is 232 g/mol. The number of benzene rings is 1. The molecule has 0 aromatic heterocycles. The Balaban J connectivity index is 2.11. The third-order valence-electron chi connectivity index (χ3n) is 3.07. The second-order valence-corrected chi connectivity index (χ2v) is 4.45. The average Bonchev–Trinajstić information content (AvgIpc) is 2.29. The Labute approximate surface area is 101 Å². The summed E-state index contributed by atoms with van der Waals surface area (Å²) in [4.78, 5) is 24.4. The Morgan fingerprint density at radius 2 is 2.00 bits per heavy atom. The molecule has 1 aromatic rings. The van der Waals surface area contributed by atoms with Gasteiger partial charge in [0.2, 0.25) is 11.8 Å². The van der Waals surface area contributed by atoms with Crippen molar-refractivity contribution < 1.29 is 9.59 Å². The van der Waals surface area contributed by atoms with Gasteiger partial charge in [-0.3, -0.25) is 9.59 Å². The molecular formula is C13H16N2O2. The van der Waals surface area contributed by atoms with Crippen molar-refractivity contribution in [2.45, 2.75) is 20.4 Å². The molecular weight excluding hydrogens is 216 g/mol. The van der Waals surface area contributed by atoms with E-state index in [2.05, 4.69) is 18.3 Å². The standard InChI is InChI=1S/C13H16N2O2/c1-9-3-4-11(5-10(9)2)7-15-8-12(16)14-6-13(15)17/h3-5H,6-8H2,1-2H3,(H,14,16). The maximum atomic E-state index is 11.6. The summed E-state index contributed by atoms with van der Waals surface area (Å²) in [5.74, 6) is -0.115. The molecule has 1 heterocycles. The topological polar surface area (TPSA) is 49.4 Å². The lowest BCUT2D eigenvalue weighted by Crippen LogP contribution is -2.50. The van der Waals surface area contributed by atoms with Crippen LogP contribution < -0.4 is 5.32 Å². The molecule has 4 heteroatoms. The smallest absolute Gasteiger partial charge is 0.242 e. The van der Waals surface area contributed by atoms with Crippen molar-refractivity contribution in [3.63, 3.8) is 0 Å². The van der Waals surface area contributed by atoms with E-state index in [9.17, 15) is 9.59 Å². The minimum absolute atomic E-state index is 0.0252. The molecule has 1 aliphatic heterocycles. The van der Waals surface area contributed by atoms with Gasteiger partial charge in [0.25, 0.3) is 0 Å². The van der Waals surface area contributed by atoms with Crippen molar-refractivity contribution in [1.29, 1.82) is 0 Å². The fourth-order valence-electron chi connectivity index (χ4n) is 1.87. The first kappa shape index (κ1) is 11.6. The molecule has 0 bridgehead atoms. The number of carbonyl (C=O) groups is 2. The minimum Gasteiger partial charge on any atom is -0.345 e. The summed E-state index contributed by atoms with van der Waals surface area (Å²) in [7, 11) is 0. The van der Waals surface area contributed by atoms with Crippen molar-refractivity contribution in [2.24, 2.45) is 0 Å². The lowest BCUT2D eigenvalue weighted by Gasteiger charge is -2.26. The summed E-state index contributed by atoms with van der Waals surface area (Å²) in [5.41, 5.74) is 3.50. The van der Waals surface area contributed by atoms with E-state index in [0.29, 0.717) is 6.54 Å². The maximum absolute atomic E-state index is 11.6. The van der Waals surface area contributed by atoms with Crippen LogP contribution >= 0.6 is 0 Å². The molecule has 1 aromatic carbocycles. The Kier molecular flexibility index (Phi) is 3.13. The number of amides is 2. The van der Waals surface area contributed by atoms with E-state index in [0.717, 1.165) is 5.56 Å². The molecule has 1 aliphatic rings. The van der Waals surface area contributed by atoms with Crippen LogP contribution in [0.1, 0.15) is 16.7 Å². The molecule has 90 valence electrons. The van der Waals surface area contributed by atoms with Crippen LogP contribution in [0.15, 0.2) is 18.2 Å². The highest BCUT2D eigenvalue weighted by Gasteiger charge is 2.22. The van der Waals surface area contributed by atoms with Crippen LogP contribution in [0.2, 0.25) is 0 Å². The summed E-state index contributed by atoms with van der Waals surface area (Å²) in [6.07, 6.45) is 0. The molecule has 0 aliphatic carbocycles. The van der Waals surface area contributed by atoms with Crippen LogP contribution in [0.5, 0.6) is 0 Å². The number of aryl methyl sites for hydroxylation is 2. The molecule has 1 N–H and O–H groups in total. The first-order valence-electron chi connectivity index (χ1n) is 5.67. The van der Waals surface area contributed by atoms with Gasteiger partial charge in [-0.05, 0) is 30.5 Å². The summed E-state index contributed by atoms with van der Waals surface area (Å²) in [6.45, 7) is 4.88. The van der Waals surface area contributed by atoms with Crippen LogP contribution in [0, 0.1) is 13.8 Å². The molecule has 0 unspecified atom stereocenters. The van der Waals surface area contributed by atoms with E-state index in [1.807, 2.05) is 19.1 Å². The van der Waals surface area contributed by atoms with Crippen LogP contribution in [-0.4, -0.2) is 29.8 Å². The highest BCUT2D eigenvalue weighted by Crippen LogP contribution is 2.12. The van der Waals surface area contributed by atoms with Crippen LogP contribution in [-0.2, 0) is 16.1 Å². The average molecular weight is 232 g/mol. The third kappa shape index (κ3) is 2.64. The largest absolute Gasteiger partial charge is 0.345 e. The van der Waals surface area contributed by atoms with E-state index in [1.165, 1.54) is 11.1 Å². The predicted molar refractivity (Wildman–Crippen MR) is 64.3 cm³/mol. The Bertz CT molecular complexity index is 468. The minimum atomic E-state index is -0.0894. The molecule has 0 atom stereocenters. The van der Waals surface area contributed by atoms with Gasteiger partial charge >= 0.3 is 0 Å². The highest BCUT2D eigenvalue weighted by molar-refractivity contribution is 5.92. The number of carbonyl (C=O) groups excluding carboxylic acids is 2. The van der Waals surface area contributed by atoms with Gasteiger partial charge in [0.1, 0.15) is 0 Å². The van der Waals surface area contributed by atoms with Crippen molar-refractivity contribution in [1.82, 2.24) is 10.2 Å². The zero-order valence-corrected chi connectivity index (χ0v) is 10.1. The van der Waals surface area contributed by atoms with Crippen molar-refractivity contribution in [2.75, 3.05) is 13.1 Å². The number of hydrogen-bond acceptors (Lipinski definition) is 2. The van der Waals surface area contributed by atoms with Gasteiger partial charge in [-0.15, -0.1) is 0 Å². The number of rotatable bonds is 2. The summed E-state index contributed by atoms with van der Waals surface area (Å²) in [6, 6.07) is 6.11. The Morgan fingerprint density at radius 1 is 1.24 bits per heavy atom. The zero-order chi connectivity index (χ0) is 12.4. The molecule has 2 amide bonds. The van der Waals surface area contributed by atoms with Crippen LogP contribution in [0.25, 0.3) is 0 Å². The molecule has 0 radical (unpaired) electrons. The molecule has 4 nitrogen and oxygen atoms in total. The lowest BCUT2D eigenvalue weighted by molar-refractivity contribution is -0.141. The molecule has 1 fully saturated rings. The van der Waals surface area contributed by atoms with Gasteiger partial charge in [-0.25, -0.2) is 0 Å². The molecule has 17 heavy (non-hydrogen) atoms. The summed E-state index contributed by atoms with van der Waals surface area (Å²) >= 11 is 0. The fraction of sp³-hybridized carbons (Fsp3) is 0.385. The van der Waals surface area contributed by atoms with Gasteiger partial charge < -0.3 is 10.2 Å². The highest BCUT2D eigenvalue weighted by atomic mass is 16.2. The van der Waals surface area contributed by atoms with E-state index < -0.39 is 0 Å². The number of hydrogen-bond donors (Lipinski definition) is 1. The SMILES string of the molecule is Cc1ccc(CN2CC(=O)NCC2=O)cc1C. The van der Waals surface area contributed by atoms with Gasteiger partial charge in [0, 0.05) is 6.54 Å². The third-order valence-corrected chi connectivity index (χ3v) is 3.07. The normalized spacial score (nSPS) is 16.0. The summed E-state index contributed by atoms with van der Waals surface area (Å²) in [5, 5.41) is 2.54. The summed E-state index contributed by atoms with van der Waals surface area (Å²) < 4.78 is 0. The van der Waals surface area contributed by atoms with Crippen LogP contribution in [0.4, 0.5) is 0 Å². The lowest BCUT2D eigenvalue weighted by atomic mass is 10.1. The predicted octanol–water partition coefficient (Wildman–Crippen LogP) is 0.762.